The molecule has 6 nitrogen and oxygen atoms in total. The van der Waals surface area contributed by atoms with Crippen molar-refractivity contribution in [3.63, 3.8) is 0 Å². The van der Waals surface area contributed by atoms with Gasteiger partial charge in [-0.2, -0.15) is 26.7 Å². The number of nitrogens with zero attached hydrogens (tertiary/aromatic N) is 1. The Morgan fingerprint density at radius 2 is 1.79 bits per heavy atom. The second kappa shape index (κ2) is 10.3. The summed E-state index contributed by atoms with van der Waals surface area (Å²) in [5, 5.41) is 4.34. The normalized spacial score (nSPS) is 12.0. The molecule has 0 aliphatic heterocycles. The molecule has 34 heavy (non-hydrogen) atoms. The van der Waals surface area contributed by atoms with Gasteiger partial charge in [0.25, 0.3) is 0 Å². The minimum Gasteiger partial charge on any atom is -0.378 e. The van der Waals surface area contributed by atoms with Gasteiger partial charge < -0.3 is 4.18 Å². The van der Waals surface area contributed by atoms with Crippen molar-refractivity contribution >= 4 is 33.8 Å². The lowest BCUT2D eigenvalue weighted by molar-refractivity contribution is -0.137. The molecule has 3 aromatic carbocycles. The van der Waals surface area contributed by atoms with E-state index in [0.717, 1.165) is 17.7 Å². The molecule has 11 heteroatoms. The summed E-state index contributed by atoms with van der Waals surface area (Å²) in [7, 11) is -4.43. The number of amides is 1. The van der Waals surface area contributed by atoms with Crippen molar-refractivity contribution in [2.24, 2.45) is 5.10 Å². The van der Waals surface area contributed by atoms with E-state index in [9.17, 15) is 26.4 Å². The molecule has 0 heterocycles. The first kappa shape index (κ1) is 25.3. The summed E-state index contributed by atoms with van der Waals surface area (Å²) in [6.45, 7) is 1.75. The lowest BCUT2D eigenvalue weighted by atomic mass is 10.1. The summed E-state index contributed by atoms with van der Waals surface area (Å²) in [4.78, 5) is 11.7. The summed E-state index contributed by atoms with van der Waals surface area (Å²) in [5.41, 5.74) is 3.03. The molecule has 3 rings (SSSR count). The van der Waals surface area contributed by atoms with Crippen LogP contribution in [0.3, 0.4) is 0 Å². The minimum absolute atomic E-state index is 0.0252. The third-order valence-corrected chi connectivity index (χ3v) is 5.97. The van der Waals surface area contributed by atoms with Crippen LogP contribution in [0.5, 0.6) is 5.75 Å². The fourth-order valence-corrected chi connectivity index (χ4v) is 4.03. The highest BCUT2D eigenvalue weighted by Crippen LogP contribution is 2.30. The monoisotopic (exact) mass is 510 g/mol. The molecule has 0 fully saturated rings. The van der Waals surface area contributed by atoms with E-state index in [1.807, 2.05) is 0 Å². The largest absolute Gasteiger partial charge is 0.416 e. The number of alkyl halides is 3. The number of hydrogen-bond acceptors (Lipinski definition) is 5. The number of hydrazone groups is 1. The van der Waals surface area contributed by atoms with Crippen molar-refractivity contribution in [2.75, 3.05) is 0 Å². The molecule has 0 aliphatic rings. The summed E-state index contributed by atoms with van der Waals surface area (Å²) < 4.78 is 68.5. The standard InChI is InChI=1S/C23H18ClF3N2O4S/c1-15-5-10-21(33-34(31,32)20-8-6-18(7-9-20)23(25,26)27)17(11-15)14-28-29-22(30)13-16-3-2-4-19(24)12-16/h2-12,14H,13H2,1H3,(H,29,30)/b28-14+. The Hall–Kier alpha value is -3.37. The van der Waals surface area contributed by atoms with Gasteiger partial charge in [0.2, 0.25) is 5.91 Å². The smallest absolute Gasteiger partial charge is 0.378 e. The lowest BCUT2D eigenvalue weighted by Gasteiger charge is -2.11. The van der Waals surface area contributed by atoms with Crippen molar-refractivity contribution in [2.45, 2.75) is 24.4 Å². The maximum atomic E-state index is 12.7. The molecule has 0 spiro atoms. The molecule has 0 atom stereocenters. The zero-order chi connectivity index (χ0) is 24.9. The first-order valence-corrected chi connectivity index (χ1v) is 11.5. The summed E-state index contributed by atoms with van der Waals surface area (Å²) in [5.74, 6) is -0.538. The number of benzene rings is 3. The second-order valence-corrected chi connectivity index (χ2v) is 9.18. The van der Waals surface area contributed by atoms with E-state index in [-0.39, 0.29) is 17.7 Å². The first-order chi connectivity index (χ1) is 15.9. The molecule has 0 aliphatic carbocycles. The van der Waals surface area contributed by atoms with Gasteiger partial charge in [-0.15, -0.1) is 0 Å². The molecule has 0 aromatic heterocycles. The number of halogens is 4. The van der Waals surface area contributed by atoms with Crippen molar-refractivity contribution in [1.82, 2.24) is 5.43 Å². The van der Waals surface area contributed by atoms with Crippen LogP contribution in [0.2, 0.25) is 5.02 Å². The Kier molecular flexibility index (Phi) is 7.63. The van der Waals surface area contributed by atoms with Gasteiger partial charge in [-0.1, -0.05) is 35.4 Å². The fourth-order valence-electron chi connectivity index (χ4n) is 2.87. The van der Waals surface area contributed by atoms with E-state index < -0.39 is 32.7 Å². The first-order valence-electron chi connectivity index (χ1n) is 9.73. The van der Waals surface area contributed by atoms with E-state index in [1.54, 1.807) is 43.3 Å². The topological polar surface area (TPSA) is 84.8 Å². The Labute approximate surface area is 199 Å². The van der Waals surface area contributed by atoms with Crippen LogP contribution in [0.1, 0.15) is 22.3 Å². The van der Waals surface area contributed by atoms with Crippen LogP contribution in [0, 0.1) is 6.92 Å². The van der Waals surface area contributed by atoms with Gasteiger partial charge in [-0.05, 0) is 61.0 Å². The van der Waals surface area contributed by atoms with E-state index in [0.29, 0.717) is 22.7 Å². The maximum Gasteiger partial charge on any atom is 0.416 e. The average Bonchev–Trinajstić information content (AvgIpc) is 2.75. The Morgan fingerprint density at radius 1 is 1.09 bits per heavy atom. The van der Waals surface area contributed by atoms with E-state index in [4.69, 9.17) is 15.8 Å². The maximum absolute atomic E-state index is 12.7. The summed E-state index contributed by atoms with van der Waals surface area (Å²) >= 11 is 5.90. The van der Waals surface area contributed by atoms with Crippen molar-refractivity contribution in [1.29, 1.82) is 0 Å². The molecule has 0 bridgehead atoms. The van der Waals surface area contributed by atoms with Crippen LogP contribution in [0.4, 0.5) is 13.2 Å². The highest BCUT2D eigenvalue weighted by atomic mass is 35.5. The number of nitrogens with one attached hydrogen (secondary N) is 1. The number of aryl methyl sites for hydroxylation is 1. The molecular weight excluding hydrogens is 493 g/mol. The molecule has 0 radical (unpaired) electrons. The minimum atomic E-state index is -4.60. The van der Waals surface area contributed by atoms with Gasteiger partial charge in [0.15, 0.2) is 5.75 Å². The fraction of sp³-hybridized carbons (Fsp3) is 0.130. The Bertz CT molecular complexity index is 1320. The predicted molar refractivity (Wildman–Crippen MR) is 121 cm³/mol. The van der Waals surface area contributed by atoms with Crippen LogP contribution >= 0.6 is 11.6 Å². The van der Waals surface area contributed by atoms with Crippen LogP contribution < -0.4 is 9.61 Å². The van der Waals surface area contributed by atoms with E-state index in [2.05, 4.69) is 10.5 Å². The van der Waals surface area contributed by atoms with Crippen molar-refractivity contribution in [3.8, 4) is 5.75 Å². The van der Waals surface area contributed by atoms with Crippen LogP contribution in [-0.2, 0) is 27.5 Å². The Morgan fingerprint density at radius 3 is 2.44 bits per heavy atom. The number of carbonyl (C=O) groups excluding carboxylic acids is 1. The molecule has 1 N–H and O–H groups in total. The molecule has 178 valence electrons. The van der Waals surface area contributed by atoms with E-state index in [1.165, 1.54) is 12.3 Å². The average molecular weight is 511 g/mol. The van der Waals surface area contributed by atoms with Crippen LogP contribution in [0.15, 0.2) is 76.7 Å². The molecule has 3 aromatic rings. The van der Waals surface area contributed by atoms with Crippen LogP contribution in [0.25, 0.3) is 0 Å². The zero-order valence-electron chi connectivity index (χ0n) is 17.6. The number of carbonyl (C=O) groups is 1. The van der Waals surface area contributed by atoms with Gasteiger partial charge in [0.05, 0.1) is 18.2 Å². The van der Waals surface area contributed by atoms with E-state index >= 15 is 0 Å². The molecule has 0 saturated heterocycles. The molecule has 0 saturated carbocycles. The third-order valence-electron chi connectivity index (χ3n) is 4.48. The van der Waals surface area contributed by atoms with Crippen molar-refractivity contribution < 1.29 is 30.6 Å². The summed E-state index contributed by atoms with van der Waals surface area (Å²) in [6.07, 6.45) is -3.36. The number of rotatable bonds is 7. The van der Waals surface area contributed by atoms with Crippen LogP contribution in [-0.4, -0.2) is 20.5 Å². The predicted octanol–water partition coefficient (Wildman–Crippen LogP) is 5.13. The summed E-state index contributed by atoms with van der Waals surface area (Å²) in [6, 6.07) is 14.2. The lowest BCUT2D eigenvalue weighted by Crippen LogP contribution is -2.20. The third kappa shape index (κ3) is 6.82. The molecule has 1 amide bonds. The number of hydrogen-bond donors (Lipinski definition) is 1. The second-order valence-electron chi connectivity index (χ2n) is 7.20. The quantitative estimate of drug-likeness (QED) is 0.271. The van der Waals surface area contributed by atoms with Gasteiger partial charge in [0, 0.05) is 10.6 Å². The van der Waals surface area contributed by atoms with Gasteiger partial charge in [-0.3, -0.25) is 4.79 Å². The molecular formula is C23H18ClF3N2O4S. The van der Waals surface area contributed by atoms with Gasteiger partial charge in [0.1, 0.15) is 4.90 Å². The highest BCUT2D eigenvalue weighted by molar-refractivity contribution is 7.87. The SMILES string of the molecule is Cc1ccc(OS(=O)(=O)c2ccc(C(F)(F)F)cc2)c(/C=N/NC(=O)Cc2cccc(Cl)c2)c1. The van der Waals surface area contributed by atoms with Gasteiger partial charge in [-0.25, -0.2) is 5.43 Å². The Balaban J connectivity index is 1.74. The molecule has 0 unspecified atom stereocenters. The highest BCUT2D eigenvalue weighted by Gasteiger charge is 2.31. The zero-order valence-corrected chi connectivity index (χ0v) is 19.2. The van der Waals surface area contributed by atoms with Gasteiger partial charge >= 0.3 is 16.3 Å². The van der Waals surface area contributed by atoms with Crippen molar-refractivity contribution in [3.05, 3.63) is 94.0 Å².